The molecule has 3 aromatic carbocycles. The molecule has 1 unspecified atom stereocenters. The van der Waals surface area contributed by atoms with Gasteiger partial charge in [0.1, 0.15) is 17.3 Å². The van der Waals surface area contributed by atoms with Gasteiger partial charge in [0, 0.05) is 5.56 Å². The number of aliphatic hydroxyl groups excluding tert-OH is 1. The number of hydrogen-bond acceptors (Lipinski definition) is 7. The fourth-order valence-corrected chi connectivity index (χ4v) is 5.38. The van der Waals surface area contributed by atoms with E-state index in [1.165, 1.54) is 16.2 Å². The predicted octanol–water partition coefficient (Wildman–Crippen LogP) is 5.64. The van der Waals surface area contributed by atoms with Crippen LogP contribution in [0.15, 0.2) is 72.3 Å². The van der Waals surface area contributed by atoms with Crippen molar-refractivity contribution < 1.29 is 24.2 Å². The average molecular weight is 501 g/mol. The Morgan fingerprint density at radius 2 is 1.72 bits per heavy atom. The Bertz CT molecular complexity index is 1490. The molecule has 1 N–H and O–H groups in total. The van der Waals surface area contributed by atoms with Crippen molar-refractivity contribution in [1.29, 1.82) is 0 Å². The number of carbonyl (C=O) groups is 2. The lowest BCUT2D eigenvalue weighted by molar-refractivity contribution is -0.132. The second-order valence-electron chi connectivity index (χ2n) is 8.37. The van der Waals surface area contributed by atoms with E-state index in [4.69, 9.17) is 9.47 Å². The molecule has 8 heteroatoms. The maximum absolute atomic E-state index is 13.4. The fourth-order valence-electron chi connectivity index (χ4n) is 4.29. The smallest absolute Gasteiger partial charge is 0.301 e. The number of hydrogen-bond donors (Lipinski definition) is 1. The number of anilines is 1. The first-order valence-electron chi connectivity index (χ1n) is 11.5. The first kappa shape index (κ1) is 23.6. The molecule has 1 amide bonds. The van der Waals surface area contributed by atoms with E-state index in [9.17, 15) is 14.7 Å². The van der Waals surface area contributed by atoms with Gasteiger partial charge in [-0.25, -0.2) is 4.98 Å². The number of ketones is 1. The molecule has 1 aliphatic heterocycles. The largest absolute Gasteiger partial charge is 0.507 e. The van der Waals surface area contributed by atoms with Crippen LogP contribution in [0.4, 0.5) is 5.13 Å². The van der Waals surface area contributed by atoms with Gasteiger partial charge in [-0.2, -0.15) is 0 Å². The number of rotatable bonds is 6. The number of nitrogens with zero attached hydrogens (tertiary/aromatic N) is 2. The van der Waals surface area contributed by atoms with Crippen LogP contribution in [0.2, 0.25) is 0 Å². The standard InChI is InChI=1S/C28H24N2O5S/c1-4-35-20-12-6-17(7-13-20)24-23(25(31)18-8-10-19(34-3)11-9-18)26(32)27(33)30(24)28-29-21-14-5-16(2)15-22(21)36-28/h5-15,24,31H,4H2,1-3H3. The first-order valence-corrected chi connectivity index (χ1v) is 12.3. The van der Waals surface area contributed by atoms with E-state index in [1.807, 2.05) is 32.0 Å². The van der Waals surface area contributed by atoms with Crippen LogP contribution in [0, 0.1) is 6.92 Å². The summed E-state index contributed by atoms with van der Waals surface area (Å²) in [4.78, 5) is 32.8. The van der Waals surface area contributed by atoms with Crippen LogP contribution in [0.25, 0.3) is 16.0 Å². The number of aromatic nitrogens is 1. The first-order chi connectivity index (χ1) is 17.4. The maximum atomic E-state index is 13.4. The van der Waals surface area contributed by atoms with Gasteiger partial charge in [-0.3, -0.25) is 14.5 Å². The molecule has 1 saturated heterocycles. The molecular formula is C28H24N2O5S. The number of ether oxygens (including phenoxy) is 2. The Morgan fingerprint density at radius 3 is 2.39 bits per heavy atom. The van der Waals surface area contributed by atoms with E-state index in [0.29, 0.717) is 34.4 Å². The van der Waals surface area contributed by atoms with Crippen molar-refractivity contribution in [3.63, 3.8) is 0 Å². The minimum Gasteiger partial charge on any atom is -0.507 e. The zero-order valence-electron chi connectivity index (χ0n) is 20.0. The molecule has 182 valence electrons. The van der Waals surface area contributed by atoms with E-state index in [-0.39, 0.29) is 11.3 Å². The van der Waals surface area contributed by atoms with Gasteiger partial charge in [0.05, 0.1) is 35.5 Å². The minimum absolute atomic E-state index is 0.00441. The zero-order chi connectivity index (χ0) is 25.4. The molecule has 2 heterocycles. The Hall–Kier alpha value is -4.17. The van der Waals surface area contributed by atoms with Crippen LogP contribution in [-0.4, -0.2) is 35.5 Å². The quantitative estimate of drug-likeness (QED) is 0.209. The number of aliphatic hydroxyl groups is 1. The van der Waals surface area contributed by atoms with Crippen molar-refractivity contribution in [2.24, 2.45) is 0 Å². The second-order valence-corrected chi connectivity index (χ2v) is 9.38. The van der Waals surface area contributed by atoms with Crippen molar-refractivity contribution in [2.45, 2.75) is 19.9 Å². The van der Waals surface area contributed by atoms with Gasteiger partial charge in [0.15, 0.2) is 5.13 Å². The molecule has 1 aromatic heterocycles. The van der Waals surface area contributed by atoms with Crippen molar-refractivity contribution in [3.8, 4) is 11.5 Å². The third-order valence-corrected chi connectivity index (χ3v) is 7.07. The molecule has 1 fully saturated rings. The summed E-state index contributed by atoms with van der Waals surface area (Å²) in [6, 6.07) is 18.8. The molecule has 1 aliphatic rings. The van der Waals surface area contributed by atoms with Crippen LogP contribution < -0.4 is 14.4 Å². The van der Waals surface area contributed by atoms with Gasteiger partial charge in [-0.1, -0.05) is 29.5 Å². The second kappa shape index (κ2) is 9.47. The van der Waals surface area contributed by atoms with Crippen LogP contribution >= 0.6 is 11.3 Å². The number of thiazole rings is 1. The van der Waals surface area contributed by atoms with E-state index >= 15 is 0 Å². The number of benzene rings is 3. The zero-order valence-corrected chi connectivity index (χ0v) is 20.8. The van der Waals surface area contributed by atoms with Crippen LogP contribution in [-0.2, 0) is 9.59 Å². The molecule has 4 aromatic rings. The number of aryl methyl sites for hydroxylation is 1. The monoisotopic (exact) mass is 500 g/mol. The van der Waals surface area contributed by atoms with Crippen molar-refractivity contribution >= 4 is 44.1 Å². The number of carbonyl (C=O) groups excluding carboxylic acids is 2. The Labute approximate surface area is 212 Å². The molecule has 7 nitrogen and oxygen atoms in total. The highest BCUT2D eigenvalue weighted by Crippen LogP contribution is 2.44. The number of Topliss-reactive ketones (excluding diaryl/α,β-unsaturated/α-hetero) is 1. The number of fused-ring (bicyclic) bond motifs is 1. The molecule has 1 atom stereocenters. The normalized spacial score (nSPS) is 17.1. The van der Waals surface area contributed by atoms with Gasteiger partial charge < -0.3 is 14.6 Å². The van der Waals surface area contributed by atoms with Gasteiger partial charge in [0.2, 0.25) is 0 Å². The van der Waals surface area contributed by atoms with Crippen molar-refractivity contribution in [1.82, 2.24) is 4.98 Å². The topological polar surface area (TPSA) is 89.0 Å². The summed E-state index contributed by atoms with van der Waals surface area (Å²) in [6.07, 6.45) is 0. The molecular weight excluding hydrogens is 476 g/mol. The Kier molecular flexibility index (Phi) is 6.20. The van der Waals surface area contributed by atoms with Gasteiger partial charge in [0.25, 0.3) is 5.78 Å². The summed E-state index contributed by atoms with van der Waals surface area (Å²) < 4.78 is 11.7. The minimum atomic E-state index is -0.857. The molecule has 0 radical (unpaired) electrons. The van der Waals surface area contributed by atoms with Crippen LogP contribution in [0.3, 0.4) is 0 Å². The van der Waals surface area contributed by atoms with Crippen molar-refractivity contribution in [2.75, 3.05) is 18.6 Å². The third kappa shape index (κ3) is 4.09. The molecule has 0 saturated carbocycles. The summed E-state index contributed by atoms with van der Waals surface area (Å²) >= 11 is 1.33. The molecule has 5 rings (SSSR count). The third-order valence-electron chi connectivity index (χ3n) is 6.05. The average Bonchev–Trinajstić information content (AvgIpc) is 3.42. The highest BCUT2D eigenvalue weighted by atomic mass is 32.1. The Balaban J connectivity index is 1.68. The van der Waals surface area contributed by atoms with Gasteiger partial charge in [-0.15, -0.1) is 0 Å². The SMILES string of the molecule is CCOc1ccc(C2C(=C(O)c3ccc(OC)cc3)C(=O)C(=O)N2c2nc3ccc(C)cc3s2)cc1. The number of amides is 1. The van der Waals surface area contributed by atoms with Crippen LogP contribution in [0.1, 0.15) is 29.7 Å². The van der Waals surface area contributed by atoms with E-state index < -0.39 is 17.7 Å². The lowest BCUT2D eigenvalue weighted by Crippen LogP contribution is -2.29. The highest BCUT2D eigenvalue weighted by Gasteiger charge is 2.48. The fraction of sp³-hybridized carbons (Fsp3) is 0.179. The van der Waals surface area contributed by atoms with E-state index in [2.05, 4.69) is 4.98 Å². The van der Waals surface area contributed by atoms with E-state index in [0.717, 1.165) is 15.8 Å². The van der Waals surface area contributed by atoms with Crippen molar-refractivity contribution in [3.05, 3.63) is 89.0 Å². The molecule has 0 bridgehead atoms. The Morgan fingerprint density at radius 1 is 1.03 bits per heavy atom. The summed E-state index contributed by atoms with van der Waals surface area (Å²) in [7, 11) is 1.55. The summed E-state index contributed by atoms with van der Waals surface area (Å²) in [5.74, 6) is -0.477. The molecule has 0 aliphatic carbocycles. The summed E-state index contributed by atoms with van der Waals surface area (Å²) in [5, 5.41) is 11.7. The summed E-state index contributed by atoms with van der Waals surface area (Å²) in [5.41, 5.74) is 2.88. The highest BCUT2D eigenvalue weighted by molar-refractivity contribution is 7.22. The molecule has 36 heavy (non-hydrogen) atoms. The summed E-state index contributed by atoms with van der Waals surface area (Å²) in [6.45, 7) is 4.40. The number of methoxy groups -OCH3 is 1. The van der Waals surface area contributed by atoms with Gasteiger partial charge >= 0.3 is 5.91 Å². The predicted molar refractivity (Wildman–Crippen MR) is 140 cm³/mol. The maximum Gasteiger partial charge on any atom is 0.301 e. The molecule has 0 spiro atoms. The lowest BCUT2D eigenvalue weighted by Gasteiger charge is -2.23. The lowest BCUT2D eigenvalue weighted by atomic mass is 9.95. The van der Waals surface area contributed by atoms with Crippen LogP contribution in [0.5, 0.6) is 11.5 Å². The van der Waals surface area contributed by atoms with Gasteiger partial charge in [-0.05, 0) is 73.5 Å². The van der Waals surface area contributed by atoms with E-state index in [1.54, 1.807) is 55.6 Å².